The normalized spacial score (nSPS) is 20.4. The molecule has 2 rings (SSSR count). The first-order valence-corrected chi connectivity index (χ1v) is 6.19. The van der Waals surface area contributed by atoms with Crippen LogP contribution in [0.1, 0.15) is 11.1 Å². The van der Waals surface area contributed by atoms with Crippen molar-refractivity contribution < 1.29 is 8.42 Å². The van der Waals surface area contributed by atoms with Crippen LogP contribution in [0.4, 0.5) is 0 Å². The molecule has 1 aliphatic heterocycles. The maximum atomic E-state index is 11.5. The third-order valence-corrected chi connectivity index (χ3v) is 4.36. The van der Waals surface area contributed by atoms with Crippen LogP contribution in [0.3, 0.4) is 0 Å². The van der Waals surface area contributed by atoms with Crippen molar-refractivity contribution in [3.8, 4) is 0 Å². The van der Waals surface area contributed by atoms with E-state index >= 15 is 0 Å². The second-order valence-electron chi connectivity index (χ2n) is 3.43. The number of hydrogen-bond acceptors (Lipinski definition) is 2. The molecule has 0 aliphatic carbocycles. The zero-order valence-electron chi connectivity index (χ0n) is 7.70. The van der Waals surface area contributed by atoms with Crippen molar-refractivity contribution in [1.82, 2.24) is 4.31 Å². The van der Waals surface area contributed by atoms with Gasteiger partial charge in [0.15, 0.2) is 0 Å². The maximum absolute atomic E-state index is 11.5. The predicted molar refractivity (Wildman–Crippen MR) is 55.5 cm³/mol. The molecule has 0 amide bonds. The summed E-state index contributed by atoms with van der Waals surface area (Å²) in [6.45, 7) is 0.415. The van der Waals surface area contributed by atoms with E-state index in [1.807, 2.05) is 6.07 Å². The standard InChI is InChI=1S/C9H10ClNO2S/c1-11-5-8-4-9(10)3-2-7(8)6-14(11,12)13/h2-4H,5-6H2,1H3. The van der Waals surface area contributed by atoms with Crippen LogP contribution >= 0.6 is 11.6 Å². The fraction of sp³-hybridized carbons (Fsp3) is 0.333. The van der Waals surface area contributed by atoms with E-state index in [4.69, 9.17) is 11.6 Å². The van der Waals surface area contributed by atoms with Crippen LogP contribution < -0.4 is 0 Å². The number of fused-ring (bicyclic) bond motifs is 1. The first-order valence-electron chi connectivity index (χ1n) is 4.20. The highest BCUT2D eigenvalue weighted by molar-refractivity contribution is 7.88. The smallest absolute Gasteiger partial charge is 0.212 e. The largest absolute Gasteiger partial charge is 0.218 e. The van der Waals surface area contributed by atoms with E-state index in [2.05, 4.69) is 0 Å². The molecule has 0 saturated heterocycles. The molecule has 0 radical (unpaired) electrons. The maximum Gasteiger partial charge on any atom is 0.218 e. The number of benzene rings is 1. The van der Waals surface area contributed by atoms with E-state index in [0.29, 0.717) is 11.6 Å². The Morgan fingerprint density at radius 3 is 2.79 bits per heavy atom. The molecule has 1 aromatic rings. The molecule has 1 aromatic carbocycles. The van der Waals surface area contributed by atoms with E-state index in [-0.39, 0.29) is 5.75 Å². The summed E-state index contributed by atoms with van der Waals surface area (Å²) in [5.74, 6) is 0.0794. The lowest BCUT2D eigenvalue weighted by Crippen LogP contribution is -2.32. The van der Waals surface area contributed by atoms with Gasteiger partial charge in [0.2, 0.25) is 10.0 Å². The van der Waals surface area contributed by atoms with E-state index in [9.17, 15) is 8.42 Å². The van der Waals surface area contributed by atoms with Crippen LogP contribution in [-0.2, 0) is 22.3 Å². The molecular formula is C9H10ClNO2S. The fourth-order valence-corrected chi connectivity index (χ4v) is 2.95. The van der Waals surface area contributed by atoms with Crippen LogP contribution in [0.2, 0.25) is 5.02 Å². The van der Waals surface area contributed by atoms with E-state index in [0.717, 1.165) is 11.1 Å². The Labute approximate surface area is 88.3 Å². The molecule has 3 nitrogen and oxygen atoms in total. The van der Waals surface area contributed by atoms with Gasteiger partial charge >= 0.3 is 0 Å². The lowest BCUT2D eigenvalue weighted by Gasteiger charge is -2.24. The Bertz CT molecular complexity index is 470. The SMILES string of the molecule is CN1Cc2cc(Cl)ccc2CS1(=O)=O. The van der Waals surface area contributed by atoms with Crippen molar-refractivity contribution in [1.29, 1.82) is 0 Å². The predicted octanol–water partition coefficient (Wildman–Crippen LogP) is 1.62. The molecule has 0 N–H and O–H groups in total. The van der Waals surface area contributed by atoms with E-state index in [1.165, 1.54) is 4.31 Å². The number of hydrogen-bond donors (Lipinski definition) is 0. The topological polar surface area (TPSA) is 37.4 Å². The minimum atomic E-state index is -3.10. The monoisotopic (exact) mass is 231 g/mol. The van der Waals surface area contributed by atoms with E-state index < -0.39 is 10.0 Å². The van der Waals surface area contributed by atoms with Crippen molar-refractivity contribution in [3.63, 3.8) is 0 Å². The number of halogens is 1. The van der Waals surface area contributed by atoms with Gasteiger partial charge in [0, 0.05) is 18.6 Å². The highest BCUT2D eigenvalue weighted by Crippen LogP contribution is 2.25. The van der Waals surface area contributed by atoms with Gasteiger partial charge in [0.05, 0.1) is 5.75 Å². The van der Waals surface area contributed by atoms with Gasteiger partial charge in [0.1, 0.15) is 0 Å². The lowest BCUT2D eigenvalue weighted by molar-refractivity contribution is 0.455. The van der Waals surface area contributed by atoms with Gasteiger partial charge in [0.25, 0.3) is 0 Å². The molecule has 0 fully saturated rings. The molecule has 0 saturated carbocycles. The molecule has 0 spiro atoms. The summed E-state index contributed by atoms with van der Waals surface area (Å²) in [6.07, 6.45) is 0. The van der Waals surface area contributed by atoms with E-state index in [1.54, 1.807) is 19.2 Å². The van der Waals surface area contributed by atoms with Crippen molar-refractivity contribution in [2.75, 3.05) is 7.05 Å². The van der Waals surface area contributed by atoms with Crippen LogP contribution in [-0.4, -0.2) is 19.8 Å². The Balaban J connectivity index is 2.51. The van der Waals surface area contributed by atoms with Crippen LogP contribution in [0, 0.1) is 0 Å². The molecule has 0 bridgehead atoms. The first-order chi connectivity index (χ1) is 6.49. The molecule has 0 unspecified atom stereocenters. The zero-order chi connectivity index (χ0) is 10.3. The Kier molecular flexibility index (Phi) is 2.29. The lowest BCUT2D eigenvalue weighted by atomic mass is 10.1. The van der Waals surface area contributed by atoms with Crippen LogP contribution in [0.25, 0.3) is 0 Å². The molecule has 5 heteroatoms. The van der Waals surface area contributed by atoms with Gasteiger partial charge < -0.3 is 0 Å². The molecule has 1 aliphatic rings. The molecule has 1 heterocycles. The molecule has 76 valence electrons. The average Bonchev–Trinajstić information content (AvgIpc) is 2.08. The summed E-state index contributed by atoms with van der Waals surface area (Å²) in [5.41, 5.74) is 1.85. The summed E-state index contributed by atoms with van der Waals surface area (Å²) >= 11 is 5.83. The van der Waals surface area contributed by atoms with Crippen molar-refractivity contribution in [3.05, 3.63) is 34.3 Å². The quantitative estimate of drug-likeness (QED) is 0.681. The first kappa shape index (κ1) is 9.96. The number of sulfonamides is 1. The average molecular weight is 232 g/mol. The van der Waals surface area contributed by atoms with Crippen molar-refractivity contribution in [2.45, 2.75) is 12.3 Å². The summed E-state index contributed by atoms with van der Waals surface area (Å²) in [4.78, 5) is 0. The van der Waals surface area contributed by atoms with Gasteiger partial charge in [-0.3, -0.25) is 0 Å². The summed E-state index contributed by atoms with van der Waals surface area (Å²) in [7, 11) is -1.51. The molecule has 14 heavy (non-hydrogen) atoms. The second kappa shape index (κ2) is 3.22. The van der Waals surface area contributed by atoms with Crippen LogP contribution in [0.5, 0.6) is 0 Å². The van der Waals surface area contributed by atoms with Gasteiger partial charge in [-0.05, 0) is 23.3 Å². The fourth-order valence-electron chi connectivity index (χ4n) is 1.53. The minimum absolute atomic E-state index is 0.0794. The third kappa shape index (κ3) is 1.65. The van der Waals surface area contributed by atoms with Crippen molar-refractivity contribution >= 4 is 21.6 Å². The van der Waals surface area contributed by atoms with Gasteiger partial charge in [-0.25, -0.2) is 12.7 Å². The molecule has 0 atom stereocenters. The van der Waals surface area contributed by atoms with Gasteiger partial charge in [-0.2, -0.15) is 0 Å². The summed E-state index contributed by atoms with van der Waals surface area (Å²) in [6, 6.07) is 5.32. The Morgan fingerprint density at radius 1 is 1.36 bits per heavy atom. The van der Waals surface area contributed by atoms with Gasteiger partial charge in [-0.1, -0.05) is 17.7 Å². The van der Waals surface area contributed by atoms with Crippen molar-refractivity contribution in [2.24, 2.45) is 0 Å². The summed E-state index contributed by atoms with van der Waals surface area (Å²) < 4.78 is 24.4. The Morgan fingerprint density at radius 2 is 2.07 bits per heavy atom. The van der Waals surface area contributed by atoms with Crippen LogP contribution in [0.15, 0.2) is 18.2 Å². The highest BCUT2D eigenvalue weighted by Gasteiger charge is 2.26. The highest BCUT2D eigenvalue weighted by atomic mass is 35.5. The second-order valence-corrected chi connectivity index (χ2v) is 5.94. The van der Waals surface area contributed by atoms with Gasteiger partial charge in [-0.15, -0.1) is 0 Å². The minimum Gasteiger partial charge on any atom is -0.212 e. The Hall–Kier alpha value is -0.580. The zero-order valence-corrected chi connectivity index (χ0v) is 9.27. The third-order valence-electron chi connectivity index (χ3n) is 2.37. The summed E-state index contributed by atoms with van der Waals surface area (Å²) in [5, 5.41) is 0.649. The number of nitrogens with zero attached hydrogens (tertiary/aromatic N) is 1. The molecule has 0 aromatic heterocycles. The number of rotatable bonds is 0. The molecular weight excluding hydrogens is 222 g/mol.